The Bertz CT molecular complexity index is 575. The molecule has 2 aliphatic rings. The summed E-state index contributed by atoms with van der Waals surface area (Å²) < 4.78 is 34.5. The fourth-order valence-electron chi connectivity index (χ4n) is 3.41. The molecule has 1 aliphatic carbocycles. The monoisotopic (exact) mass is 300 g/mol. The van der Waals surface area contributed by atoms with Crippen molar-refractivity contribution < 1.29 is 17.7 Å². The third kappa shape index (κ3) is 2.26. The molecule has 1 saturated heterocycles. The Morgan fingerprint density at radius 1 is 1.35 bits per heavy atom. The fourth-order valence-corrected chi connectivity index (χ4v) is 5.19. The molecule has 1 aromatic heterocycles. The van der Waals surface area contributed by atoms with Crippen LogP contribution >= 0.6 is 0 Å². The van der Waals surface area contributed by atoms with Gasteiger partial charge < -0.3 is 9.26 Å². The van der Waals surface area contributed by atoms with Crippen molar-refractivity contribution in [3.63, 3.8) is 0 Å². The van der Waals surface area contributed by atoms with Crippen molar-refractivity contribution in [2.45, 2.75) is 49.2 Å². The first-order valence-electron chi connectivity index (χ1n) is 7.12. The summed E-state index contributed by atoms with van der Waals surface area (Å²) in [6.07, 6.45) is 5.44. The van der Waals surface area contributed by atoms with Crippen molar-refractivity contribution in [1.29, 1.82) is 0 Å². The highest BCUT2D eigenvalue weighted by Crippen LogP contribution is 2.41. The molecule has 0 unspecified atom stereocenters. The number of sulfone groups is 1. The highest BCUT2D eigenvalue weighted by Gasteiger charge is 2.42. The molecule has 2 fully saturated rings. The van der Waals surface area contributed by atoms with Gasteiger partial charge >= 0.3 is 0 Å². The quantitative estimate of drug-likeness (QED) is 0.843. The highest BCUT2D eigenvalue weighted by molar-refractivity contribution is 7.91. The lowest BCUT2D eigenvalue weighted by Crippen LogP contribution is -2.29. The van der Waals surface area contributed by atoms with E-state index in [9.17, 15) is 8.42 Å². The van der Waals surface area contributed by atoms with Crippen LogP contribution in [0.2, 0.25) is 0 Å². The van der Waals surface area contributed by atoms with Gasteiger partial charge in [0, 0.05) is 7.11 Å². The number of rotatable bonds is 4. The second-order valence-corrected chi connectivity index (χ2v) is 8.18. The van der Waals surface area contributed by atoms with Gasteiger partial charge in [0.15, 0.2) is 15.7 Å². The van der Waals surface area contributed by atoms with Gasteiger partial charge in [0.05, 0.1) is 17.8 Å². The zero-order valence-corrected chi connectivity index (χ0v) is 12.5. The molecule has 6 nitrogen and oxygen atoms in total. The van der Waals surface area contributed by atoms with Crippen molar-refractivity contribution in [2.24, 2.45) is 0 Å². The molecule has 1 atom stereocenters. The summed E-state index contributed by atoms with van der Waals surface area (Å²) in [4.78, 5) is 4.42. The molecule has 0 spiro atoms. The summed E-state index contributed by atoms with van der Waals surface area (Å²) in [6, 6.07) is 0. The third-order valence-corrected chi connectivity index (χ3v) is 6.66. The van der Waals surface area contributed by atoms with Crippen LogP contribution in [0.5, 0.6) is 0 Å². The average Bonchev–Trinajstić information content (AvgIpc) is 3.08. The predicted octanol–water partition coefficient (Wildman–Crippen LogP) is 1.78. The van der Waals surface area contributed by atoms with E-state index < -0.39 is 15.1 Å². The van der Waals surface area contributed by atoms with Crippen LogP contribution in [-0.4, -0.2) is 38.0 Å². The van der Waals surface area contributed by atoms with Gasteiger partial charge in [0.1, 0.15) is 5.25 Å². The van der Waals surface area contributed by atoms with Gasteiger partial charge in [-0.3, -0.25) is 0 Å². The van der Waals surface area contributed by atoms with Crippen LogP contribution in [-0.2, 0) is 20.0 Å². The Kier molecular flexibility index (Phi) is 3.58. The van der Waals surface area contributed by atoms with E-state index in [1.54, 1.807) is 7.11 Å². The average molecular weight is 300 g/mol. The first kappa shape index (κ1) is 14.0. The van der Waals surface area contributed by atoms with E-state index in [2.05, 4.69) is 10.1 Å². The lowest BCUT2D eigenvalue weighted by molar-refractivity contribution is 0.125. The Hall–Kier alpha value is -0.950. The standard InChI is InChI=1S/C13H20N2O4S/c1-18-9-13(6-2-3-7-13)12-14-11(19-15-12)10-5-4-8-20(10,16)17/h10H,2-9H2,1H3/t10-/m0/s1. The molecule has 0 aromatic carbocycles. The van der Waals surface area contributed by atoms with E-state index in [4.69, 9.17) is 9.26 Å². The topological polar surface area (TPSA) is 82.3 Å². The molecular weight excluding hydrogens is 280 g/mol. The minimum Gasteiger partial charge on any atom is -0.384 e. The maximum Gasteiger partial charge on any atom is 0.244 e. The summed E-state index contributed by atoms with van der Waals surface area (Å²) >= 11 is 0. The van der Waals surface area contributed by atoms with Gasteiger partial charge in [-0.25, -0.2) is 8.42 Å². The second kappa shape index (κ2) is 5.11. The number of hydrogen-bond acceptors (Lipinski definition) is 6. The number of nitrogens with zero attached hydrogens (tertiary/aromatic N) is 2. The van der Waals surface area contributed by atoms with Crippen LogP contribution in [0.4, 0.5) is 0 Å². The second-order valence-electron chi connectivity index (χ2n) is 5.87. The van der Waals surface area contributed by atoms with Crippen molar-refractivity contribution in [1.82, 2.24) is 10.1 Å². The minimum absolute atomic E-state index is 0.196. The van der Waals surface area contributed by atoms with Crippen LogP contribution in [0, 0.1) is 0 Å². The smallest absolute Gasteiger partial charge is 0.244 e. The van der Waals surface area contributed by atoms with Crippen LogP contribution in [0.1, 0.15) is 55.5 Å². The number of ether oxygens (including phenoxy) is 1. The number of methoxy groups -OCH3 is 1. The molecule has 0 radical (unpaired) electrons. The first-order valence-corrected chi connectivity index (χ1v) is 8.84. The van der Waals surface area contributed by atoms with Gasteiger partial charge in [-0.1, -0.05) is 18.0 Å². The van der Waals surface area contributed by atoms with Crippen LogP contribution in [0.15, 0.2) is 4.52 Å². The van der Waals surface area contributed by atoms with Gasteiger partial charge in [0.25, 0.3) is 0 Å². The van der Waals surface area contributed by atoms with Gasteiger partial charge in [-0.15, -0.1) is 0 Å². The lowest BCUT2D eigenvalue weighted by atomic mass is 9.86. The van der Waals surface area contributed by atoms with E-state index in [0.717, 1.165) is 25.7 Å². The zero-order valence-electron chi connectivity index (χ0n) is 11.7. The van der Waals surface area contributed by atoms with Crippen LogP contribution in [0.3, 0.4) is 0 Å². The van der Waals surface area contributed by atoms with Crippen molar-refractivity contribution in [3.05, 3.63) is 11.7 Å². The summed E-state index contributed by atoms with van der Waals surface area (Å²) in [5.41, 5.74) is -0.196. The summed E-state index contributed by atoms with van der Waals surface area (Å²) in [5.74, 6) is 1.10. The normalized spacial score (nSPS) is 27.9. The minimum atomic E-state index is -3.11. The predicted molar refractivity (Wildman–Crippen MR) is 72.1 cm³/mol. The van der Waals surface area contributed by atoms with E-state index in [1.165, 1.54) is 0 Å². The van der Waals surface area contributed by atoms with Crippen LogP contribution in [0.25, 0.3) is 0 Å². The van der Waals surface area contributed by atoms with Crippen molar-refractivity contribution in [3.8, 4) is 0 Å². The molecule has 0 N–H and O–H groups in total. The Balaban J connectivity index is 1.90. The lowest BCUT2D eigenvalue weighted by Gasteiger charge is -2.23. The molecule has 2 heterocycles. The number of aromatic nitrogens is 2. The fraction of sp³-hybridized carbons (Fsp3) is 0.846. The van der Waals surface area contributed by atoms with Gasteiger partial charge in [-0.05, 0) is 25.7 Å². The Morgan fingerprint density at radius 2 is 2.10 bits per heavy atom. The van der Waals surface area contributed by atoms with Crippen molar-refractivity contribution in [2.75, 3.05) is 19.5 Å². The molecular formula is C13H20N2O4S. The molecule has 0 bridgehead atoms. The third-order valence-electron chi connectivity index (χ3n) is 4.50. The van der Waals surface area contributed by atoms with E-state index in [0.29, 0.717) is 25.3 Å². The SMILES string of the molecule is COCC1(c2noc([C@@H]3CCCS3(=O)=O)n2)CCCC1. The highest BCUT2D eigenvalue weighted by atomic mass is 32.2. The van der Waals surface area contributed by atoms with E-state index >= 15 is 0 Å². The van der Waals surface area contributed by atoms with Crippen molar-refractivity contribution >= 4 is 9.84 Å². The maximum absolute atomic E-state index is 11.9. The molecule has 1 aromatic rings. The molecule has 1 aliphatic heterocycles. The number of hydrogen-bond donors (Lipinski definition) is 0. The van der Waals surface area contributed by atoms with Crippen LogP contribution < -0.4 is 0 Å². The molecule has 112 valence electrons. The van der Waals surface area contributed by atoms with E-state index in [1.807, 2.05) is 0 Å². The summed E-state index contributed by atoms with van der Waals surface area (Å²) in [6.45, 7) is 0.559. The Morgan fingerprint density at radius 3 is 2.70 bits per heavy atom. The summed E-state index contributed by atoms with van der Waals surface area (Å²) in [7, 11) is -1.44. The molecule has 20 heavy (non-hydrogen) atoms. The molecule has 0 amide bonds. The van der Waals surface area contributed by atoms with E-state index in [-0.39, 0.29) is 17.1 Å². The van der Waals surface area contributed by atoms with Gasteiger partial charge in [-0.2, -0.15) is 4.98 Å². The Labute approximate surface area is 118 Å². The first-order chi connectivity index (χ1) is 9.57. The molecule has 7 heteroatoms. The maximum atomic E-state index is 11.9. The van der Waals surface area contributed by atoms with Gasteiger partial charge in [0.2, 0.25) is 5.89 Å². The molecule has 3 rings (SSSR count). The molecule has 1 saturated carbocycles. The zero-order chi connectivity index (χ0) is 14.2. The largest absolute Gasteiger partial charge is 0.384 e. The summed E-state index contributed by atoms with van der Waals surface area (Å²) in [5, 5.41) is 3.46.